The maximum atomic E-state index is 13.4. The van der Waals surface area contributed by atoms with E-state index in [2.05, 4.69) is 33.0 Å². The highest BCUT2D eigenvalue weighted by molar-refractivity contribution is 6.31. The van der Waals surface area contributed by atoms with Crippen molar-refractivity contribution in [2.24, 2.45) is 5.41 Å². The third-order valence-electron chi connectivity index (χ3n) is 2.85. The first kappa shape index (κ1) is 15.5. The zero-order valence-electron chi connectivity index (χ0n) is 11.7. The molecule has 0 aliphatic carbocycles. The second-order valence-corrected chi connectivity index (χ2v) is 6.31. The van der Waals surface area contributed by atoms with Crippen LogP contribution in [0.1, 0.15) is 39.7 Å². The highest BCUT2D eigenvalue weighted by atomic mass is 35.5. The van der Waals surface area contributed by atoms with Gasteiger partial charge in [0.25, 0.3) is 0 Å². The summed E-state index contributed by atoms with van der Waals surface area (Å²) in [5.41, 5.74) is 1.12. The lowest BCUT2D eigenvalue weighted by atomic mass is 9.86. The molecule has 0 aliphatic rings. The molecule has 0 fully saturated rings. The fourth-order valence-corrected chi connectivity index (χ4v) is 2.42. The third kappa shape index (κ3) is 4.95. The average Bonchev–Trinajstić information content (AvgIpc) is 2.23. The minimum absolute atomic E-state index is 0.243. The van der Waals surface area contributed by atoms with Crippen molar-refractivity contribution in [3.63, 3.8) is 0 Å². The Morgan fingerprint density at radius 2 is 2.00 bits per heavy atom. The molecular formula is C15H23ClFN. The quantitative estimate of drug-likeness (QED) is 0.835. The Hall–Kier alpha value is -0.600. The average molecular weight is 272 g/mol. The van der Waals surface area contributed by atoms with Gasteiger partial charge in [0.15, 0.2) is 0 Å². The Morgan fingerprint density at radius 1 is 1.33 bits per heavy atom. The van der Waals surface area contributed by atoms with Crippen molar-refractivity contribution in [1.29, 1.82) is 0 Å². The van der Waals surface area contributed by atoms with Crippen molar-refractivity contribution in [2.45, 2.75) is 46.6 Å². The summed E-state index contributed by atoms with van der Waals surface area (Å²) in [5.74, 6) is -0.333. The van der Waals surface area contributed by atoms with E-state index in [1.54, 1.807) is 6.07 Å². The predicted octanol–water partition coefficient (Wildman–Crippen LogP) is 4.44. The van der Waals surface area contributed by atoms with Gasteiger partial charge in [0.05, 0.1) is 5.02 Å². The molecule has 0 heterocycles. The highest BCUT2D eigenvalue weighted by Gasteiger charge is 2.19. The molecule has 0 spiro atoms. The van der Waals surface area contributed by atoms with Crippen LogP contribution in [-0.4, -0.2) is 12.6 Å². The number of hydrogen-bond acceptors (Lipinski definition) is 1. The summed E-state index contributed by atoms with van der Waals surface area (Å²) >= 11 is 6.01. The topological polar surface area (TPSA) is 12.0 Å². The molecule has 1 unspecified atom stereocenters. The second-order valence-electron chi connectivity index (χ2n) is 5.94. The van der Waals surface area contributed by atoms with E-state index in [0.717, 1.165) is 24.9 Å². The van der Waals surface area contributed by atoms with E-state index in [9.17, 15) is 4.39 Å². The fraction of sp³-hybridized carbons (Fsp3) is 0.600. The van der Waals surface area contributed by atoms with E-state index < -0.39 is 0 Å². The highest BCUT2D eigenvalue weighted by Crippen LogP contribution is 2.26. The molecule has 102 valence electrons. The first-order valence-corrected chi connectivity index (χ1v) is 6.87. The van der Waals surface area contributed by atoms with Crippen molar-refractivity contribution in [2.75, 3.05) is 6.54 Å². The van der Waals surface area contributed by atoms with Crippen LogP contribution in [0.3, 0.4) is 0 Å². The van der Waals surface area contributed by atoms with Crippen LogP contribution < -0.4 is 5.32 Å². The zero-order chi connectivity index (χ0) is 13.8. The smallest absolute Gasteiger partial charge is 0.142 e. The molecule has 1 aromatic carbocycles. The molecule has 0 bridgehead atoms. The summed E-state index contributed by atoms with van der Waals surface area (Å²) in [6, 6.07) is 5.35. The van der Waals surface area contributed by atoms with E-state index in [1.165, 1.54) is 6.07 Å². The van der Waals surface area contributed by atoms with Gasteiger partial charge in [-0.15, -0.1) is 0 Å². The van der Waals surface area contributed by atoms with Crippen molar-refractivity contribution in [3.8, 4) is 0 Å². The molecular weight excluding hydrogens is 249 g/mol. The van der Waals surface area contributed by atoms with Gasteiger partial charge in [-0.1, -0.05) is 51.4 Å². The maximum absolute atomic E-state index is 13.4. The molecule has 1 N–H and O–H groups in total. The van der Waals surface area contributed by atoms with Crippen LogP contribution in [0.25, 0.3) is 0 Å². The number of hydrogen-bond donors (Lipinski definition) is 1. The summed E-state index contributed by atoms with van der Waals surface area (Å²) in [4.78, 5) is 0. The van der Waals surface area contributed by atoms with Crippen LogP contribution in [0.15, 0.2) is 18.2 Å². The first-order valence-electron chi connectivity index (χ1n) is 6.49. The Kier molecular flexibility index (Phi) is 5.61. The molecule has 18 heavy (non-hydrogen) atoms. The van der Waals surface area contributed by atoms with Gasteiger partial charge in [-0.2, -0.15) is 0 Å². The summed E-state index contributed by atoms with van der Waals surface area (Å²) < 4.78 is 13.4. The minimum atomic E-state index is -0.333. The summed E-state index contributed by atoms with van der Waals surface area (Å²) in [7, 11) is 0. The molecule has 0 radical (unpaired) electrons. The molecule has 0 amide bonds. The molecule has 1 atom stereocenters. The van der Waals surface area contributed by atoms with E-state index >= 15 is 0 Å². The number of likely N-dealkylation sites (N-methyl/N-ethyl adjacent to an activating group) is 1. The molecule has 0 saturated heterocycles. The lowest BCUT2D eigenvalue weighted by Gasteiger charge is -2.27. The lowest BCUT2D eigenvalue weighted by molar-refractivity contribution is 0.309. The molecule has 1 aromatic rings. The van der Waals surface area contributed by atoms with Gasteiger partial charge in [-0.25, -0.2) is 4.39 Å². The first-order chi connectivity index (χ1) is 8.33. The van der Waals surface area contributed by atoms with Gasteiger partial charge >= 0.3 is 0 Å². The number of benzene rings is 1. The molecule has 0 saturated carbocycles. The van der Waals surface area contributed by atoms with Gasteiger partial charge in [-0.3, -0.25) is 0 Å². The van der Waals surface area contributed by atoms with E-state index in [-0.39, 0.29) is 16.3 Å². The van der Waals surface area contributed by atoms with E-state index in [0.29, 0.717) is 6.04 Å². The largest absolute Gasteiger partial charge is 0.314 e. The Balaban J connectivity index is 2.80. The Labute approximate surface area is 115 Å². The normalized spacial score (nSPS) is 13.7. The standard InChI is InChI=1S/C15H23ClFN/c1-5-18-12(10-15(2,3)4)9-11-7-6-8-13(17)14(11)16/h6-8,12,18H,5,9-10H2,1-4H3. The third-order valence-corrected chi connectivity index (χ3v) is 3.27. The lowest BCUT2D eigenvalue weighted by Crippen LogP contribution is -2.34. The minimum Gasteiger partial charge on any atom is -0.314 e. The van der Waals surface area contributed by atoms with Crippen LogP contribution in [0.2, 0.25) is 5.02 Å². The van der Waals surface area contributed by atoms with Crippen LogP contribution >= 0.6 is 11.6 Å². The molecule has 3 heteroatoms. The SMILES string of the molecule is CCNC(Cc1cccc(F)c1Cl)CC(C)(C)C. The van der Waals surface area contributed by atoms with Gasteiger partial charge < -0.3 is 5.32 Å². The molecule has 1 rings (SSSR count). The van der Waals surface area contributed by atoms with E-state index in [4.69, 9.17) is 11.6 Å². The molecule has 0 aliphatic heterocycles. The van der Waals surface area contributed by atoms with Crippen LogP contribution in [0.5, 0.6) is 0 Å². The molecule has 0 aromatic heterocycles. The van der Waals surface area contributed by atoms with Crippen molar-refractivity contribution >= 4 is 11.6 Å². The summed E-state index contributed by atoms with van der Waals surface area (Å²) in [5, 5.41) is 3.71. The summed E-state index contributed by atoms with van der Waals surface area (Å²) in [6.45, 7) is 9.64. The maximum Gasteiger partial charge on any atom is 0.142 e. The summed E-state index contributed by atoms with van der Waals surface area (Å²) in [6.07, 6.45) is 1.80. The monoisotopic (exact) mass is 271 g/mol. The van der Waals surface area contributed by atoms with Gasteiger partial charge in [0.1, 0.15) is 5.82 Å². The Bertz CT molecular complexity index is 385. The van der Waals surface area contributed by atoms with Crippen LogP contribution in [0, 0.1) is 11.2 Å². The number of halogens is 2. The van der Waals surface area contributed by atoms with Crippen molar-refractivity contribution < 1.29 is 4.39 Å². The van der Waals surface area contributed by atoms with Crippen molar-refractivity contribution in [3.05, 3.63) is 34.6 Å². The predicted molar refractivity (Wildman–Crippen MR) is 76.7 cm³/mol. The van der Waals surface area contributed by atoms with E-state index in [1.807, 2.05) is 6.07 Å². The fourth-order valence-electron chi connectivity index (χ4n) is 2.22. The van der Waals surface area contributed by atoms with Crippen molar-refractivity contribution in [1.82, 2.24) is 5.32 Å². The van der Waals surface area contributed by atoms with Gasteiger partial charge in [0, 0.05) is 6.04 Å². The Morgan fingerprint density at radius 3 is 2.56 bits per heavy atom. The van der Waals surface area contributed by atoms with Gasteiger partial charge in [0.2, 0.25) is 0 Å². The molecule has 1 nitrogen and oxygen atoms in total. The van der Waals surface area contributed by atoms with Gasteiger partial charge in [-0.05, 0) is 36.4 Å². The van der Waals surface area contributed by atoms with Crippen LogP contribution in [-0.2, 0) is 6.42 Å². The van der Waals surface area contributed by atoms with Crippen LogP contribution in [0.4, 0.5) is 4.39 Å². The number of rotatable bonds is 5. The zero-order valence-corrected chi connectivity index (χ0v) is 12.4. The number of nitrogens with one attached hydrogen (secondary N) is 1. The second kappa shape index (κ2) is 6.53.